The summed E-state index contributed by atoms with van der Waals surface area (Å²) in [6, 6.07) is 0. The fourth-order valence-electron chi connectivity index (χ4n) is 0.846. The lowest BCUT2D eigenvalue weighted by molar-refractivity contribution is -0.142. The molecule has 0 radical (unpaired) electrons. The van der Waals surface area contributed by atoms with Crippen LogP contribution in [0.5, 0.6) is 0 Å². The van der Waals surface area contributed by atoms with Gasteiger partial charge in [-0.25, -0.2) is 0 Å². The van der Waals surface area contributed by atoms with Crippen molar-refractivity contribution in [3.05, 3.63) is 0 Å². The Labute approximate surface area is 84.2 Å². The highest BCUT2D eigenvalue weighted by atomic mass is 32.2. The van der Waals surface area contributed by atoms with Crippen molar-refractivity contribution in [2.24, 2.45) is 0 Å². The fraction of sp³-hybridized carbons (Fsp3) is 0.889. The van der Waals surface area contributed by atoms with E-state index in [4.69, 9.17) is 9.47 Å². The van der Waals surface area contributed by atoms with Crippen LogP contribution >= 0.6 is 11.8 Å². The van der Waals surface area contributed by atoms with Gasteiger partial charge in [-0.1, -0.05) is 6.92 Å². The molecule has 0 spiro atoms. The predicted octanol–water partition coefficient (Wildman–Crippen LogP) is 1.71. The molecule has 0 aliphatic carbocycles. The zero-order valence-corrected chi connectivity index (χ0v) is 9.36. The molecular formula is C9H18O3S. The molecule has 0 amide bonds. The molecule has 0 saturated carbocycles. The maximum atomic E-state index is 11.0. The van der Waals surface area contributed by atoms with Crippen LogP contribution in [0.25, 0.3) is 0 Å². The van der Waals surface area contributed by atoms with E-state index >= 15 is 0 Å². The van der Waals surface area contributed by atoms with Crippen LogP contribution in [0.4, 0.5) is 0 Å². The molecule has 0 saturated heterocycles. The summed E-state index contributed by atoms with van der Waals surface area (Å²) < 4.78 is 9.74. The van der Waals surface area contributed by atoms with Crippen LogP contribution in [0.1, 0.15) is 20.3 Å². The van der Waals surface area contributed by atoms with Crippen molar-refractivity contribution in [3.8, 4) is 0 Å². The van der Waals surface area contributed by atoms with E-state index < -0.39 is 0 Å². The minimum absolute atomic E-state index is 0.111. The van der Waals surface area contributed by atoms with Gasteiger partial charge in [0, 0.05) is 18.1 Å². The molecule has 1 unspecified atom stereocenters. The molecule has 0 aromatic rings. The Morgan fingerprint density at radius 3 is 2.77 bits per heavy atom. The predicted molar refractivity (Wildman–Crippen MR) is 55.0 cm³/mol. The van der Waals surface area contributed by atoms with Crippen LogP contribution in [0, 0.1) is 0 Å². The van der Waals surface area contributed by atoms with Gasteiger partial charge < -0.3 is 9.47 Å². The molecule has 78 valence electrons. The van der Waals surface area contributed by atoms with E-state index in [2.05, 4.69) is 0 Å². The second-order valence-corrected chi connectivity index (χ2v) is 4.23. The van der Waals surface area contributed by atoms with Crippen molar-refractivity contribution in [1.82, 2.24) is 0 Å². The van der Waals surface area contributed by atoms with Crippen molar-refractivity contribution < 1.29 is 14.3 Å². The molecule has 0 heterocycles. The zero-order chi connectivity index (χ0) is 10.1. The molecule has 0 aromatic heterocycles. The molecule has 0 rings (SSSR count). The van der Waals surface area contributed by atoms with Crippen molar-refractivity contribution in [3.63, 3.8) is 0 Å². The largest absolute Gasteiger partial charge is 0.466 e. The average molecular weight is 206 g/mol. The van der Waals surface area contributed by atoms with Gasteiger partial charge in [0.2, 0.25) is 0 Å². The molecule has 0 bridgehead atoms. The van der Waals surface area contributed by atoms with Crippen LogP contribution in [0.15, 0.2) is 0 Å². The van der Waals surface area contributed by atoms with Gasteiger partial charge in [0.1, 0.15) is 0 Å². The van der Waals surface area contributed by atoms with E-state index in [0.717, 1.165) is 12.4 Å². The molecule has 3 nitrogen and oxygen atoms in total. The van der Waals surface area contributed by atoms with Gasteiger partial charge in [0.05, 0.1) is 19.6 Å². The van der Waals surface area contributed by atoms with E-state index in [9.17, 15) is 4.79 Å². The number of carbonyl (C=O) groups is 1. The van der Waals surface area contributed by atoms with Crippen LogP contribution < -0.4 is 0 Å². The number of ether oxygens (including phenoxy) is 2. The Kier molecular flexibility index (Phi) is 8.24. The molecule has 4 heteroatoms. The van der Waals surface area contributed by atoms with Crippen LogP contribution in [-0.4, -0.2) is 37.3 Å². The molecular weight excluding hydrogens is 188 g/mol. The van der Waals surface area contributed by atoms with Gasteiger partial charge >= 0.3 is 5.97 Å². The minimum atomic E-state index is -0.111. The molecule has 13 heavy (non-hydrogen) atoms. The van der Waals surface area contributed by atoms with E-state index in [-0.39, 0.29) is 5.97 Å². The summed E-state index contributed by atoms with van der Waals surface area (Å²) in [5.41, 5.74) is 0. The first-order valence-electron chi connectivity index (χ1n) is 4.46. The number of thioether (sulfide) groups is 1. The highest BCUT2D eigenvalue weighted by Crippen LogP contribution is 2.13. The number of esters is 1. The van der Waals surface area contributed by atoms with Crippen LogP contribution in [0.2, 0.25) is 0 Å². The summed E-state index contributed by atoms with van der Waals surface area (Å²) in [4.78, 5) is 11.0. The molecule has 1 atom stereocenters. The van der Waals surface area contributed by atoms with Crippen molar-refractivity contribution in [2.75, 3.05) is 26.1 Å². The maximum absolute atomic E-state index is 11.0. The van der Waals surface area contributed by atoms with E-state index in [1.165, 1.54) is 0 Å². The maximum Gasteiger partial charge on any atom is 0.306 e. The van der Waals surface area contributed by atoms with Crippen LogP contribution in [-0.2, 0) is 14.3 Å². The van der Waals surface area contributed by atoms with E-state index in [1.54, 1.807) is 18.9 Å². The summed E-state index contributed by atoms with van der Waals surface area (Å²) in [6.45, 7) is 5.05. The standard InChI is InChI=1S/C9H18O3S/c1-4-12-9(10)7-8(2)13-6-5-11-3/h8H,4-7H2,1-3H3. The first-order chi connectivity index (χ1) is 6.20. The number of carbonyl (C=O) groups excluding carboxylic acids is 1. The average Bonchev–Trinajstić information content (AvgIpc) is 2.05. The molecule has 0 aromatic carbocycles. The Balaban J connectivity index is 3.38. The minimum Gasteiger partial charge on any atom is -0.466 e. The Bertz CT molecular complexity index is 139. The topological polar surface area (TPSA) is 35.5 Å². The van der Waals surface area contributed by atoms with E-state index in [1.807, 2.05) is 13.8 Å². The smallest absolute Gasteiger partial charge is 0.306 e. The monoisotopic (exact) mass is 206 g/mol. The van der Waals surface area contributed by atoms with Gasteiger partial charge in [-0.3, -0.25) is 4.79 Å². The van der Waals surface area contributed by atoms with Gasteiger partial charge in [-0.2, -0.15) is 11.8 Å². The third-order valence-electron chi connectivity index (χ3n) is 1.45. The SMILES string of the molecule is CCOC(=O)CC(C)SCCOC. The van der Waals surface area contributed by atoms with Crippen LogP contribution in [0.3, 0.4) is 0 Å². The molecule has 0 aliphatic rings. The Morgan fingerprint density at radius 2 is 2.23 bits per heavy atom. The highest BCUT2D eigenvalue weighted by molar-refractivity contribution is 7.99. The summed E-state index contributed by atoms with van der Waals surface area (Å²) in [5.74, 6) is 0.816. The van der Waals surface area contributed by atoms with Gasteiger partial charge in [0.25, 0.3) is 0 Å². The zero-order valence-electron chi connectivity index (χ0n) is 8.54. The lowest BCUT2D eigenvalue weighted by Crippen LogP contribution is -2.11. The fourth-order valence-corrected chi connectivity index (χ4v) is 1.77. The summed E-state index contributed by atoms with van der Waals surface area (Å²) >= 11 is 1.73. The van der Waals surface area contributed by atoms with Gasteiger partial charge in [0.15, 0.2) is 0 Å². The van der Waals surface area contributed by atoms with Crippen molar-refractivity contribution in [2.45, 2.75) is 25.5 Å². The van der Waals surface area contributed by atoms with Crippen molar-refractivity contribution >= 4 is 17.7 Å². The summed E-state index contributed by atoms with van der Waals surface area (Å²) in [7, 11) is 1.68. The second-order valence-electron chi connectivity index (χ2n) is 2.68. The molecule has 0 fully saturated rings. The normalized spacial score (nSPS) is 12.5. The summed E-state index contributed by atoms with van der Waals surface area (Å²) in [5, 5.41) is 0.314. The molecule has 0 aliphatic heterocycles. The van der Waals surface area contributed by atoms with Crippen molar-refractivity contribution in [1.29, 1.82) is 0 Å². The summed E-state index contributed by atoms with van der Waals surface area (Å²) in [6.07, 6.45) is 0.488. The quantitative estimate of drug-likeness (QED) is 0.469. The lowest BCUT2D eigenvalue weighted by atomic mass is 10.3. The van der Waals surface area contributed by atoms with E-state index in [0.29, 0.717) is 18.3 Å². The third-order valence-corrected chi connectivity index (χ3v) is 2.59. The van der Waals surface area contributed by atoms with Gasteiger partial charge in [-0.05, 0) is 6.92 Å². The highest BCUT2D eigenvalue weighted by Gasteiger charge is 2.09. The van der Waals surface area contributed by atoms with Gasteiger partial charge in [-0.15, -0.1) is 0 Å². The lowest BCUT2D eigenvalue weighted by Gasteiger charge is -2.09. The third kappa shape index (κ3) is 8.12. The molecule has 0 N–H and O–H groups in total. The number of methoxy groups -OCH3 is 1. The Morgan fingerprint density at radius 1 is 1.54 bits per heavy atom. The first kappa shape index (κ1) is 12.8. The first-order valence-corrected chi connectivity index (χ1v) is 5.51. The number of hydrogen-bond donors (Lipinski definition) is 0. The number of hydrogen-bond acceptors (Lipinski definition) is 4. The Hall–Kier alpha value is -0.220. The second kappa shape index (κ2) is 8.38. The number of rotatable bonds is 7.